The van der Waals surface area contributed by atoms with Crippen molar-refractivity contribution < 1.29 is 4.39 Å². The second-order valence-electron chi connectivity index (χ2n) is 6.36. The number of nitrogens with one attached hydrogen (secondary N) is 1. The van der Waals surface area contributed by atoms with E-state index in [1.807, 2.05) is 12.1 Å². The Balaban J connectivity index is 2.02. The highest BCUT2D eigenvalue weighted by molar-refractivity contribution is 5.22. The summed E-state index contributed by atoms with van der Waals surface area (Å²) in [6, 6.07) is 7.27. The van der Waals surface area contributed by atoms with E-state index in [-0.39, 0.29) is 11.9 Å². The van der Waals surface area contributed by atoms with E-state index in [1.165, 1.54) is 25.9 Å². The van der Waals surface area contributed by atoms with Crippen LogP contribution in [0.15, 0.2) is 24.3 Å². The smallest absolute Gasteiger partial charge is 0.127 e. The van der Waals surface area contributed by atoms with Crippen molar-refractivity contribution in [2.75, 3.05) is 26.2 Å². The average Bonchev–Trinajstić information content (AvgIpc) is 2.93. The van der Waals surface area contributed by atoms with Gasteiger partial charge in [0.25, 0.3) is 0 Å². The van der Waals surface area contributed by atoms with E-state index in [4.69, 9.17) is 0 Å². The van der Waals surface area contributed by atoms with E-state index in [1.54, 1.807) is 12.1 Å². The quantitative estimate of drug-likeness (QED) is 0.821. The van der Waals surface area contributed by atoms with Gasteiger partial charge in [0.1, 0.15) is 5.82 Å². The van der Waals surface area contributed by atoms with Gasteiger partial charge in [-0.3, -0.25) is 0 Å². The lowest BCUT2D eigenvalue weighted by Gasteiger charge is -2.29. The number of halogens is 1. The van der Waals surface area contributed by atoms with Crippen LogP contribution >= 0.6 is 0 Å². The molecule has 3 unspecified atom stereocenters. The first-order chi connectivity index (χ1) is 10.2. The Morgan fingerprint density at radius 2 is 2.10 bits per heavy atom. The van der Waals surface area contributed by atoms with Gasteiger partial charge in [-0.1, -0.05) is 45.4 Å². The third-order valence-corrected chi connectivity index (χ3v) is 4.73. The molecule has 1 fully saturated rings. The molecule has 21 heavy (non-hydrogen) atoms. The van der Waals surface area contributed by atoms with Gasteiger partial charge in [-0.05, 0) is 37.4 Å². The maximum Gasteiger partial charge on any atom is 0.127 e. The molecule has 0 amide bonds. The minimum atomic E-state index is -0.0943. The van der Waals surface area contributed by atoms with E-state index in [2.05, 4.69) is 31.0 Å². The minimum Gasteiger partial charge on any atom is -0.310 e. The molecule has 1 heterocycles. The number of likely N-dealkylation sites (tertiary alicyclic amines) is 1. The van der Waals surface area contributed by atoms with Crippen molar-refractivity contribution in [2.24, 2.45) is 11.8 Å². The van der Waals surface area contributed by atoms with Gasteiger partial charge in [0.2, 0.25) is 0 Å². The predicted octanol–water partition coefficient (Wildman–Crippen LogP) is 3.84. The molecular weight excluding hydrogens is 263 g/mol. The molecule has 1 aliphatic rings. The Kier molecular flexibility index (Phi) is 6.19. The van der Waals surface area contributed by atoms with E-state index in [0.717, 1.165) is 24.6 Å². The number of hydrogen-bond acceptors (Lipinski definition) is 2. The molecule has 3 atom stereocenters. The summed E-state index contributed by atoms with van der Waals surface area (Å²) < 4.78 is 14.1. The van der Waals surface area contributed by atoms with Gasteiger partial charge in [-0.2, -0.15) is 0 Å². The summed E-state index contributed by atoms with van der Waals surface area (Å²) in [5, 5.41) is 3.47. The highest BCUT2D eigenvalue weighted by atomic mass is 19.1. The SMILES string of the molecule is CCNC(c1ccccc1F)C(C)CN1CCC(CC)C1. The van der Waals surface area contributed by atoms with E-state index in [9.17, 15) is 4.39 Å². The second-order valence-corrected chi connectivity index (χ2v) is 6.36. The first kappa shape index (κ1) is 16.4. The molecule has 0 aliphatic carbocycles. The molecule has 1 saturated heterocycles. The van der Waals surface area contributed by atoms with Crippen molar-refractivity contribution in [1.82, 2.24) is 10.2 Å². The summed E-state index contributed by atoms with van der Waals surface area (Å²) in [6.07, 6.45) is 2.59. The van der Waals surface area contributed by atoms with Crippen molar-refractivity contribution >= 4 is 0 Å². The monoisotopic (exact) mass is 292 g/mol. The van der Waals surface area contributed by atoms with Gasteiger partial charge in [0.05, 0.1) is 0 Å². The van der Waals surface area contributed by atoms with E-state index >= 15 is 0 Å². The molecule has 2 rings (SSSR count). The van der Waals surface area contributed by atoms with Crippen molar-refractivity contribution in [3.05, 3.63) is 35.6 Å². The molecule has 1 N–H and O–H groups in total. The van der Waals surface area contributed by atoms with Crippen LogP contribution in [-0.2, 0) is 0 Å². The lowest BCUT2D eigenvalue weighted by molar-refractivity contribution is 0.239. The molecule has 1 aromatic rings. The van der Waals surface area contributed by atoms with Gasteiger partial charge < -0.3 is 10.2 Å². The zero-order valence-electron chi connectivity index (χ0n) is 13.6. The van der Waals surface area contributed by atoms with Crippen LogP contribution in [0.1, 0.15) is 45.2 Å². The van der Waals surface area contributed by atoms with E-state index < -0.39 is 0 Å². The van der Waals surface area contributed by atoms with Crippen LogP contribution in [0.3, 0.4) is 0 Å². The van der Waals surface area contributed by atoms with Crippen molar-refractivity contribution in [1.29, 1.82) is 0 Å². The zero-order valence-corrected chi connectivity index (χ0v) is 13.6. The fraction of sp³-hybridized carbons (Fsp3) is 0.667. The topological polar surface area (TPSA) is 15.3 Å². The minimum absolute atomic E-state index is 0.0943. The lowest BCUT2D eigenvalue weighted by Crippen LogP contribution is -2.35. The maximum atomic E-state index is 14.1. The maximum absolute atomic E-state index is 14.1. The van der Waals surface area contributed by atoms with Gasteiger partial charge in [-0.25, -0.2) is 4.39 Å². The Labute approximate surface area is 128 Å². The highest BCUT2D eigenvalue weighted by Crippen LogP contribution is 2.27. The van der Waals surface area contributed by atoms with Crippen molar-refractivity contribution in [3.8, 4) is 0 Å². The van der Waals surface area contributed by atoms with Crippen LogP contribution < -0.4 is 5.32 Å². The Morgan fingerprint density at radius 1 is 1.33 bits per heavy atom. The standard InChI is InChI=1S/C18H29FN2/c1-4-15-10-11-21(13-15)12-14(3)18(20-5-2)16-8-6-7-9-17(16)19/h6-9,14-15,18,20H,4-5,10-13H2,1-3H3. The number of rotatable bonds is 7. The molecule has 1 aliphatic heterocycles. The largest absolute Gasteiger partial charge is 0.310 e. The molecule has 0 aromatic heterocycles. The molecule has 0 spiro atoms. The first-order valence-corrected chi connectivity index (χ1v) is 8.35. The van der Waals surface area contributed by atoms with Gasteiger partial charge in [-0.15, -0.1) is 0 Å². The Morgan fingerprint density at radius 3 is 2.71 bits per heavy atom. The first-order valence-electron chi connectivity index (χ1n) is 8.35. The number of hydrogen-bond donors (Lipinski definition) is 1. The normalized spacial score (nSPS) is 22.4. The fourth-order valence-corrected chi connectivity index (χ4v) is 3.49. The van der Waals surface area contributed by atoms with Crippen LogP contribution in [0.4, 0.5) is 4.39 Å². The van der Waals surface area contributed by atoms with Gasteiger partial charge >= 0.3 is 0 Å². The average molecular weight is 292 g/mol. The van der Waals surface area contributed by atoms with Crippen LogP contribution in [0.5, 0.6) is 0 Å². The molecule has 1 aromatic carbocycles. The van der Waals surface area contributed by atoms with Crippen LogP contribution in [0.25, 0.3) is 0 Å². The number of nitrogens with zero attached hydrogens (tertiary/aromatic N) is 1. The summed E-state index contributed by atoms with van der Waals surface area (Å²) in [6.45, 7) is 10.9. The Bertz CT molecular complexity index is 435. The summed E-state index contributed by atoms with van der Waals surface area (Å²) in [5.74, 6) is 1.16. The fourth-order valence-electron chi connectivity index (χ4n) is 3.49. The van der Waals surface area contributed by atoms with Crippen LogP contribution in [0.2, 0.25) is 0 Å². The number of benzene rings is 1. The van der Waals surface area contributed by atoms with E-state index in [0.29, 0.717) is 5.92 Å². The molecule has 0 bridgehead atoms. The van der Waals surface area contributed by atoms with Crippen LogP contribution in [0, 0.1) is 17.7 Å². The van der Waals surface area contributed by atoms with Crippen molar-refractivity contribution in [2.45, 2.75) is 39.7 Å². The lowest BCUT2D eigenvalue weighted by atomic mass is 9.93. The molecule has 0 radical (unpaired) electrons. The summed E-state index contributed by atoms with van der Waals surface area (Å²) in [4.78, 5) is 2.55. The zero-order chi connectivity index (χ0) is 15.2. The molecule has 118 valence electrons. The van der Waals surface area contributed by atoms with Gasteiger partial charge in [0.15, 0.2) is 0 Å². The summed E-state index contributed by atoms with van der Waals surface area (Å²) >= 11 is 0. The molecule has 2 nitrogen and oxygen atoms in total. The molecule has 3 heteroatoms. The molecular formula is C18H29FN2. The second kappa shape index (κ2) is 7.90. The highest BCUT2D eigenvalue weighted by Gasteiger charge is 2.27. The van der Waals surface area contributed by atoms with Gasteiger partial charge in [0, 0.05) is 24.7 Å². The third kappa shape index (κ3) is 4.27. The predicted molar refractivity (Wildman–Crippen MR) is 86.8 cm³/mol. The summed E-state index contributed by atoms with van der Waals surface area (Å²) in [5.41, 5.74) is 0.804. The summed E-state index contributed by atoms with van der Waals surface area (Å²) in [7, 11) is 0. The van der Waals surface area contributed by atoms with Crippen molar-refractivity contribution in [3.63, 3.8) is 0 Å². The third-order valence-electron chi connectivity index (χ3n) is 4.73. The molecule has 0 saturated carbocycles. The Hall–Kier alpha value is -0.930. The van der Waals surface area contributed by atoms with Crippen LogP contribution in [-0.4, -0.2) is 31.1 Å².